The first kappa shape index (κ1) is 116. The fraction of sp³-hybridized carbons (Fsp3) is 0.907. The lowest BCUT2D eigenvalue weighted by molar-refractivity contribution is -0.242. The molecule has 0 aromatic carbocycles. The molecule has 11 unspecified atom stereocenters. The Morgan fingerprint density at radius 2 is 0.483 bits per heavy atom. The number of hydrogen-bond acceptors (Lipinski definition) is 12. The van der Waals surface area contributed by atoms with Gasteiger partial charge in [-0.2, -0.15) is 0 Å². The van der Waals surface area contributed by atoms with E-state index < -0.39 is 0 Å². The maximum Gasteiger partial charge on any atom is 0.0819 e. The summed E-state index contributed by atoms with van der Waals surface area (Å²) in [4.78, 5) is 25.3. The molecular formula is C108H206O12. The number of fused-ring (bicyclic) bond motifs is 1. The summed E-state index contributed by atoms with van der Waals surface area (Å²) in [5, 5.41) is 51.0. The quantitative estimate of drug-likeness (QED) is 0.0147. The fourth-order valence-corrected chi connectivity index (χ4v) is 20.4. The van der Waals surface area contributed by atoms with Crippen molar-refractivity contribution >= 4 is 0 Å². The number of rotatable bonds is 89. The summed E-state index contributed by atoms with van der Waals surface area (Å²) in [6.07, 6.45) is 122. The molecule has 12 nitrogen and oxygen atoms in total. The standard InChI is InChI=1S/C36H66O4.C36H68O4.C36H72O4/c1-3-5-15-21-31-25-27-36-34(24-18-12-8-10-14-20-30-40-38)32(22-17-11-7-9-13-19-29-39-37)26-28-35(36)33(31)23-16-6-4-2;1-3-5-7-14-21-27-35-33(25-19-6-4-2)29-30-34(26-20-15-10-8-12-17-23-31-39-37)36(35)28-22-16-11-9-13-18-24-32-40-38;1-3-5-7-9-11-17-23-29-35(31-25-19-13-15-21-27-33-39-37)36(30-24-18-12-10-8-6-4-2)32-26-20-14-16-22-28-34-40-38/h25-28,31-38H,3-24,29-30H2,1-2H3;21,27,29-30,33-38H,3-20,22-26,28,31-32H2,1-2H3;29,36-38H,3-28,30-34H2,1-2H3/b;;35-29+. The van der Waals surface area contributed by atoms with E-state index in [1.54, 1.807) is 5.57 Å². The van der Waals surface area contributed by atoms with Crippen LogP contribution >= 0.6 is 0 Å². The topological polar surface area (TPSA) is 177 Å². The third-order valence-electron chi connectivity index (χ3n) is 27.8. The molecule has 0 radical (unpaired) electrons. The highest BCUT2D eigenvalue weighted by Crippen LogP contribution is 2.50. The number of allylic oxidation sites excluding steroid dienone is 10. The van der Waals surface area contributed by atoms with Gasteiger partial charge in [0.2, 0.25) is 0 Å². The molecule has 0 fully saturated rings. The van der Waals surface area contributed by atoms with Crippen LogP contribution in [0, 0.1) is 65.1 Å². The molecular weight excluding hydrogens is 1490 g/mol. The van der Waals surface area contributed by atoms with Gasteiger partial charge in [0.25, 0.3) is 0 Å². The lowest BCUT2D eigenvalue weighted by Gasteiger charge is -2.46. The zero-order valence-corrected chi connectivity index (χ0v) is 80.5. The maximum absolute atomic E-state index is 8.53. The Bertz CT molecular complexity index is 2170. The number of unbranched alkanes of at least 4 members (excludes halogenated alkanes) is 53. The van der Waals surface area contributed by atoms with Crippen molar-refractivity contribution in [3.63, 3.8) is 0 Å². The smallest absolute Gasteiger partial charge is 0.0819 e. The van der Waals surface area contributed by atoms with Gasteiger partial charge >= 0.3 is 0 Å². The molecule has 120 heavy (non-hydrogen) atoms. The Balaban J connectivity index is 0.000000900. The second kappa shape index (κ2) is 93.4. The molecule has 0 saturated carbocycles. The van der Waals surface area contributed by atoms with E-state index in [1.165, 1.54) is 411 Å². The normalized spacial score (nSPS) is 19.9. The summed E-state index contributed by atoms with van der Waals surface area (Å²) in [7, 11) is 0. The molecule has 3 aliphatic carbocycles. The van der Waals surface area contributed by atoms with E-state index in [4.69, 9.17) is 31.5 Å². The molecule has 12 heteroatoms. The van der Waals surface area contributed by atoms with Gasteiger partial charge in [-0.15, -0.1) is 0 Å². The van der Waals surface area contributed by atoms with Gasteiger partial charge in [-0.05, 0) is 200 Å². The zero-order chi connectivity index (χ0) is 86.8. The fourth-order valence-electron chi connectivity index (χ4n) is 20.4. The molecule has 0 spiro atoms. The first-order chi connectivity index (χ1) is 59.3. The van der Waals surface area contributed by atoms with Crippen LogP contribution in [0.3, 0.4) is 0 Å². The second-order valence-electron chi connectivity index (χ2n) is 38.0. The largest absolute Gasteiger partial charge is 0.252 e. The van der Waals surface area contributed by atoms with E-state index in [0.29, 0.717) is 39.6 Å². The Morgan fingerprint density at radius 3 is 0.850 bits per heavy atom. The van der Waals surface area contributed by atoms with Crippen LogP contribution < -0.4 is 0 Å². The van der Waals surface area contributed by atoms with Crippen LogP contribution in [-0.2, 0) is 29.3 Å². The molecule has 0 aliphatic heterocycles. The van der Waals surface area contributed by atoms with Gasteiger partial charge in [0.1, 0.15) is 0 Å². The maximum atomic E-state index is 8.53. The minimum Gasteiger partial charge on any atom is -0.252 e. The van der Waals surface area contributed by atoms with Crippen LogP contribution in [0.25, 0.3) is 0 Å². The van der Waals surface area contributed by atoms with Crippen molar-refractivity contribution in [3.05, 3.63) is 60.3 Å². The van der Waals surface area contributed by atoms with E-state index in [9.17, 15) is 0 Å². The summed E-state index contributed by atoms with van der Waals surface area (Å²) in [6.45, 7) is 16.8. The summed E-state index contributed by atoms with van der Waals surface area (Å²) < 4.78 is 0. The Labute approximate surface area is 744 Å². The molecule has 0 bridgehead atoms. The van der Waals surface area contributed by atoms with E-state index in [2.05, 4.69) is 126 Å². The third-order valence-corrected chi connectivity index (χ3v) is 27.8. The third kappa shape index (κ3) is 67.5. The van der Waals surface area contributed by atoms with E-state index in [1.807, 2.05) is 0 Å². The van der Waals surface area contributed by atoms with E-state index in [-0.39, 0.29) is 0 Å². The molecule has 0 saturated heterocycles. The monoisotopic (exact) mass is 1700 g/mol. The predicted octanol–water partition coefficient (Wildman–Crippen LogP) is 36.2. The molecule has 6 N–H and O–H groups in total. The summed E-state index contributed by atoms with van der Waals surface area (Å²) >= 11 is 0. The minimum absolute atomic E-state index is 0.473. The minimum atomic E-state index is 0.473. The Hall–Kier alpha value is -1.78. The van der Waals surface area contributed by atoms with Gasteiger partial charge < -0.3 is 0 Å². The van der Waals surface area contributed by atoms with Gasteiger partial charge in [-0.1, -0.05) is 449 Å². The lowest BCUT2D eigenvalue weighted by Crippen LogP contribution is -2.39. The molecule has 0 amide bonds. The molecule has 3 rings (SSSR count). The van der Waals surface area contributed by atoms with Crippen molar-refractivity contribution in [1.29, 1.82) is 0 Å². The van der Waals surface area contributed by atoms with Gasteiger partial charge in [-0.3, -0.25) is 31.5 Å². The lowest BCUT2D eigenvalue weighted by atomic mass is 9.58. The van der Waals surface area contributed by atoms with Crippen LogP contribution in [0.5, 0.6) is 0 Å². The summed E-state index contributed by atoms with van der Waals surface area (Å²) in [6, 6.07) is 0. The Morgan fingerprint density at radius 1 is 0.242 bits per heavy atom. The molecule has 11 atom stereocenters. The van der Waals surface area contributed by atoms with Crippen LogP contribution in [0.1, 0.15) is 523 Å². The zero-order valence-electron chi connectivity index (χ0n) is 80.5. The Kier molecular flexibility index (Phi) is 90.4. The second-order valence-corrected chi connectivity index (χ2v) is 38.0. The first-order valence-corrected chi connectivity index (χ1v) is 53.3. The van der Waals surface area contributed by atoms with Crippen molar-refractivity contribution in [2.75, 3.05) is 39.6 Å². The molecule has 3 aliphatic rings. The highest BCUT2D eigenvalue weighted by atomic mass is 17.1. The molecule has 0 aromatic heterocycles. The van der Waals surface area contributed by atoms with Crippen LogP contribution in [0.2, 0.25) is 0 Å². The van der Waals surface area contributed by atoms with Crippen molar-refractivity contribution in [2.24, 2.45) is 65.1 Å². The van der Waals surface area contributed by atoms with Crippen molar-refractivity contribution in [2.45, 2.75) is 523 Å². The highest BCUT2D eigenvalue weighted by molar-refractivity contribution is 5.18. The van der Waals surface area contributed by atoms with Crippen LogP contribution in [0.15, 0.2) is 60.3 Å². The van der Waals surface area contributed by atoms with E-state index in [0.717, 1.165) is 136 Å². The van der Waals surface area contributed by atoms with E-state index >= 15 is 0 Å². The average Bonchev–Trinajstić information content (AvgIpc) is 0.784. The van der Waals surface area contributed by atoms with Crippen LogP contribution in [0.4, 0.5) is 0 Å². The molecule has 710 valence electrons. The summed E-state index contributed by atoms with van der Waals surface area (Å²) in [5.74, 6) is 8.45. The van der Waals surface area contributed by atoms with Crippen molar-refractivity contribution in [1.82, 2.24) is 0 Å². The molecule has 0 heterocycles. The first-order valence-electron chi connectivity index (χ1n) is 53.3. The SMILES string of the molecule is CCCCCC1C=CC2C(C=CC(CCCCCCCCOO)C2CCCCCCCCOO)C1CCCCC.CCCCCC=CC1C(CCCCC)C=CC(CCCCCCCCCOO)C1CCCCCCCCCOO.CCCCCCCC/C=C(\CCCCCCCCOO)C(CCCCCCCCC)CCCCCCCCOO. The highest BCUT2D eigenvalue weighted by Gasteiger charge is 2.42. The number of hydrogen-bond donors (Lipinski definition) is 6. The van der Waals surface area contributed by atoms with Gasteiger partial charge in [0, 0.05) is 0 Å². The predicted molar refractivity (Wildman–Crippen MR) is 515 cm³/mol. The van der Waals surface area contributed by atoms with Crippen molar-refractivity contribution in [3.8, 4) is 0 Å². The van der Waals surface area contributed by atoms with Crippen LogP contribution in [-0.4, -0.2) is 71.2 Å². The van der Waals surface area contributed by atoms with Gasteiger partial charge in [-0.25, -0.2) is 29.3 Å². The average molecular weight is 1700 g/mol. The summed E-state index contributed by atoms with van der Waals surface area (Å²) in [5.41, 5.74) is 1.80. The van der Waals surface area contributed by atoms with Crippen molar-refractivity contribution < 1.29 is 60.9 Å². The van der Waals surface area contributed by atoms with Gasteiger partial charge in [0.15, 0.2) is 0 Å². The molecule has 0 aromatic rings. The van der Waals surface area contributed by atoms with Gasteiger partial charge in [0.05, 0.1) is 39.6 Å².